The van der Waals surface area contributed by atoms with Crippen molar-refractivity contribution in [3.8, 4) is 5.75 Å². The van der Waals surface area contributed by atoms with Gasteiger partial charge in [-0.05, 0) is 59.8 Å². The lowest BCUT2D eigenvalue weighted by atomic mass is 9.63. The lowest BCUT2D eigenvalue weighted by Crippen LogP contribution is -2.40. The minimum absolute atomic E-state index is 0.0122. The van der Waals surface area contributed by atoms with Crippen LogP contribution < -0.4 is 4.74 Å². The molecule has 1 saturated heterocycles. The van der Waals surface area contributed by atoms with E-state index in [1.807, 2.05) is 30.3 Å². The number of ether oxygens (including phenoxy) is 1. The Morgan fingerprint density at radius 3 is 2.06 bits per heavy atom. The van der Waals surface area contributed by atoms with E-state index in [9.17, 15) is 14.4 Å². The third kappa shape index (κ3) is 3.19. The molecule has 5 aliphatic rings. The molecule has 0 spiro atoms. The predicted octanol–water partition coefficient (Wildman–Crippen LogP) is 3.63. The van der Waals surface area contributed by atoms with Gasteiger partial charge in [0.2, 0.25) is 11.8 Å². The predicted molar refractivity (Wildman–Crippen MR) is 117 cm³/mol. The first kappa shape index (κ1) is 19.5. The second kappa shape index (κ2) is 7.44. The summed E-state index contributed by atoms with van der Waals surface area (Å²) >= 11 is 0. The van der Waals surface area contributed by atoms with Crippen molar-refractivity contribution in [2.24, 2.45) is 35.5 Å². The Morgan fingerprint density at radius 2 is 1.44 bits per heavy atom. The first-order chi connectivity index (χ1) is 15.6. The van der Waals surface area contributed by atoms with Crippen LogP contribution in [0.4, 0.5) is 0 Å². The number of likely N-dealkylation sites (tertiary alicyclic amines) is 1. The van der Waals surface area contributed by atoms with Gasteiger partial charge in [0.1, 0.15) is 5.75 Å². The van der Waals surface area contributed by atoms with Crippen molar-refractivity contribution in [2.75, 3.05) is 6.54 Å². The number of benzene rings is 2. The largest absolute Gasteiger partial charge is 0.426 e. The van der Waals surface area contributed by atoms with Gasteiger partial charge in [0, 0.05) is 6.54 Å². The van der Waals surface area contributed by atoms with Crippen LogP contribution in [0.3, 0.4) is 0 Å². The number of carbonyl (C=O) groups is 3. The lowest BCUT2D eigenvalue weighted by Gasteiger charge is -2.37. The number of allylic oxidation sites excluding steroid dienone is 2. The van der Waals surface area contributed by atoms with Crippen molar-refractivity contribution in [2.45, 2.75) is 19.3 Å². The number of carbonyl (C=O) groups excluding carboxylic acids is 3. The highest BCUT2D eigenvalue weighted by Gasteiger charge is 2.66. The minimum atomic E-state index is -0.430. The van der Waals surface area contributed by atoms with E-state index in [1.54, 1.807) is 12.1 Å². The topological polar surface area (TPSA) is 63.7 Å². The van der Waals surface area contributed by atoms with E-state index in [1.165, 1.54) is 10.5 Å². The number of esters is 1. The summed E-state index contributed by atoms with van der Waals surface area (Å²) in [7, 11) is 0. The molecule has 0 aromatic heterocycles. The van der Waals surface area contributed by atoms with Crippen LogP contribution in [-0.4, -0.2) is 29.2 Å². The van der Waals surface area contributed by atoms with Gasteiger partial charge in [0.15, 0.2) is 0 Å². The van der Waals surface area contributed by atoms with Crippen LogP contribution in [0.15, 0.2) is 66.7 Å². The average molecular weight is 428 g/mol. The van der Waals surface area contributed by atoms with Crippen molar-refractivity contribution in [3.63, 3.8) is 0 Å². The minimum Gasteiger partial charge on any atom is -0.426 e. The van der Waals surface area contributed by atoms with Crippen molar-refractivity contribution in [1.29, 1.82) is 0 Å². The Hall–Kier alpha value is -3.21. The molecule has 1 heterocycles. The summed E-state index contributed by atoms with van der Waals surface area (Å²) in [5.41, 5.74) is 2.35. The van der Waals surface area contributed by atoms with Gasteiger partial charge in [-0.1, -0.05) is 54.6 Å². The zero-order valence-corrected chi connectivity index (χ0v) is 17.7. The molecule has 7 rings (SSSR count). The van der Waals surface area contributed by atoms with Gasteiger partial charge < -0.3 is 4.74 Å². The quantitative estimate of drug-likeness (QED) is 0.306. The van der Waals surface area contributed by atoms with Crippen LogP contribution in [-0.2, 0) is 20.8 Å². The smallest absolute Gasteiger partial charge is 0.312 e. The number of nitrogens with zero attached hydrogens (tertiary/aromatic N) is 1. The first-order valence-corrected chi connectivity index (χ1v) is 11.5. The second-order valence-electron chi connectivity index (χ2n) is 9.51. The van der Waals surface area contributed by atoms with Crippen molar-refractivity contribution >= 4 is 17.8 Å². The van der Waals surface area contributed by atoms with Crippen molar-refractivity contribution < 1.29 is 19.1 Å². The van der Waals surface area contributed by atoms with Crippen LogP contribution >= 0.6 is 0 Å². The Labute approximate surface area is 187 Å². The maximum Gasteiger partial charge on any atom is 0.312 e. The number of imide groups is 1. The van der Waals surface area contributed by atoms with Crippen LogP contribution in [0.25, 0.3) is 0 Å². The molecule has 32 heavy (non-hydrogen) atoms. The monoisotopic (exact) mass is 427 g/mol. The van der Waals surface area contributed by atoms with Gasteiger partial charge in [-0.25, -0.2) is 0 Å². The standard InChI is InChI=1S/C27H25NO4/c29-23(32-18-8-6-17(7-9-18)14-16-4-2-1-3-5-16)12-13-28-26(30)24-19-10-11-20(22-15-21(19)22)25(24)27(28)31/h1-11,19-22,24-25H,12-15H2/t19-,20-,21-,22+,24-,25+/m0/s1. The van der Waals surface area contributed by atoms with E-state index in [-0.39, 0.29) is 48.5 Å². The van der Waals surface area contributed by atoms with E-state index in [0.717, 1.165) is 18.4 Å². The summed E-state index contributed by atoms with van der Waals surface area (Å²) in [5, 5.41) is 0. The van der Waals surface area contributed by atoms with Crippen LogP contribution in [0.1, 0.15) is 24.0 Å². The lowest BCUT2D eigenvalue weighted by molar-refractivity contribution is -0.141. The average Bonchev–Trinajstić information content (AvgIpc) is 3.59. The number of amides is 2. The Kier molecular flexibility index (Phi) is 4.53. The molecular formula is C27H25NO4. The second-order valence-corrected chi connectivity index (χ2v) is 9.51. The zero-order valence-electron chi connectivity index (χ0n) is 17.7. The normalized spacial score (nSPS) is 31.4. The molecule has 2 bridgehead atoms. The van der Waals surface area contributed by atoms with E-state index >= 15 is 0 Å². The third-order valence-electron chi connectivity index (χ3n) is 7.70. The summed E-state index contributed by atoms with van der Waals surface area (Å²) in [6.07, 6.45) is 6.29. The van der Waals surface area contributed by atoms with Gasteiger partial charge in [0.05, 0.1) is 18.3 Å². The number of hydrogen-bond donors (Lipinski definition) is 0. The highest BCUT2D eigenvalue weighted by molar-refractivity contribution is 6.06. The molecule has 0 N–H and O–H groups in total. The van der Waals surface area contributed by atoms with Gasteiger partial charge in [0.25, 0.3) is 0 Å². The molecule has 2 aromatic carbocycles. The maximum absolute atomic E-state index is 13.0. The third-order valence-corrected chi connectivity index (χ3v) is 7.70. The number of hydrogen-bond acceptors (Lipinski definition) is 4. The molecule has 0 radical (unpaired) electrons. The molecule has 3 fully saturated rings. The van der Waals surface area contributed by atoms with Gasteiger partial charge >= 0.3 is 5.97 Å². The zero-order chi connectivity index (χ0) is 21.8. The summed E-state index contributed by atoms with van der Waals surface area (Å²) in [6.45, 7) is 0.102. The highest BCUT2D eigenvalue weighted by atomic mass is 16.5. The maximum atomic E-state index is 13.0. The Bertz CT molecular complexity index is 1070. The molecule has 2 amide bonds. The molecular weight excluding hydrogens is 402 g/mol. The van der Waals surface area contributed by atoms with E-state index in [0.29, 0.717) is 17.6 Å². The molecule has 2 aromatic rings. The van der Waals surface area contributed by atoms with E-state index in [4.69, 9.17) is 4.74 Å². The fourth-order valence-electron chi connectivity index (χ4n) is 6.13. The Morgan fingerprint density at radius 1 is 0.844 bits per heavy atom. The summed E-state index contributed by atoms with van der Waals surface area (Å²) in [4.78, 5) is 39.7. The molecule has 6 atom stereocenters. The van der Waals surface area contributed by atoms with Crippen LogP contribution in [0.5, 0.6) is 5.75 Å². The summed E-state index contributed by atoms with van der Waals surface area (Å²) in [6, 6.07) is 17.6. The fourth-order valence-corrected chi connectivity index (χ4v) is 6.13. The summed E-state index contributed by atoms with van der Waals surface area (Å²) in [5.74, 6) is 1.00. The van der Waals surface area contributed by atoms with E-state index in [2.05, 4.69) is 24.3 Å². The van der Waals surface area contributed by atoms with Gasteiger partial charge in [-0.15, -0.1) is 0 Å². The molecule has 1 aliphatic heterocycles. The molecule has 2 saturated carbocycles. The van der Waals surface area contributed by atoms with E-state index < -0.39 is 5.97 Å². The number of rotatable bonds is 6. The SMILES string of the molecule is O=C(CCN1C(=O)[C@@H]2[C@H]3C=C[C@@H]([C@@H]4C[C@H]34)[C@@H]2C1=O)Oc1ccc(Cc2ccccc2)cc1. The van der Waals surface area contributed by atoms with Crippen LogP contribution in [0, 0.1) is 35.5 Å². The first-order valence-electron chi connectivity index (χ1n) is 11.5. The molecule has 162 valence electrons. The molecule has 0 unspecified atom stereocenters. The highest BCUT2D eigenvalue weighted by Crippen LogP contribution is 2.65. The molecule has 5 nitrogen and oxygen atoms in total. The Balaban J connectivity index is 1.05. The molecule has 5 heteroatoms. The van der Waals surface area contributed by atoms with Gasteiger partial charge in [-0.2, -0.15) is 0 Å². The van der Waals surface area contributed by atoms with Crippen molar-refractivity contribution in [1.82, 2.24) is 4.90 Å². The summed E-state index contributed by atoms with van der Waals surface area (Å²) < 4.78 is 5.45. The molecule has 4 aliphatic carbocycles. The fraction of sp³-hybridized carbons (Fsp3) is 0.370. The van der Waals surface area contributed by atoms with Gasteiger partial charge in [-0.3, -0.25) is 19.3 Å². The van der Waals surface area contributed by atoms with Crippen LogP contribution in [0.2, 0.25) is 0 Å². The van der Waals surface area contributed by atoms with Crippen molar-refractivity contribution in [3.05, 3.63) is 77.9 Å².